The van der Waals surface area contributed by atoms with Gasteiger partial charge in [-0.3, -0.25) is 14.5 Å². The number of halogens is 1. The quantitative estimate of drug-likeness (QED) is 0.564. The number of hydrogen-bond donors (Lipinski definition) is 0. The number of nitrogens with zero attached hydrogens (tertiary/aromatic N) is 3. The van der Waals surface area contributed by atoms with Crippen molar-refractivity contribution in [3.63, 3.8) is 0 Å². The number of hydrogen-bond acceptors (Lipinski definition) is 4. The molecule has 0 radical (unpaired) electrons. The molecule has 0 spiro atoms. The standard InChI is InChI=1S/C27H32ClN3O3/c28-24-7-9-25(10-8-24)34-21-20-29-16-18-31(19-17-29)27(33)23-12-14-30(15-13-23)26(32)11-6-22-4-2-1-3-5-22/h1-11,23H,12-21H2. The van der Waals surface area contributed by atoms with Crippen LogP contribution in [0.25, 0.3) is 6.08 Å². The Morgan fingerprint density at radius 1 is 0.882 bits per heavy atom. The van der Waals surface area contributed by atoms with Crippen LogP contribution in [-0.4, -0.2) is 78.9 Å². The van der Waals surface area contributed by atoms with Gasteiger partial charge >= 0.3 is 0 Å². The molecule has 2 aliphatic rings. The van der Waals surface area contributed by atoms with Crippen LogP contribution in [0.15, 0.2) is 60.7 Å². The highest BCUT2D eigenvalue weighted by atomic mass is 35.5. The average Bonchev–Trinajstić information content (AvgIpc) is 2.89. The van der Waals surface area contributed by atoms with Gasteiger partial charge in [-0.25, -0.2) is 0 Å². The third-order valence-electron chi connectivity index (χ3n) is 6.55. The molecule has 2 fully saturated rings. The number of carbonyl (C=O) groups excluding carboxylic acids is 2. The number of rotatable bonds is 7. The molecule has 0 aliphatic carbocycles. The Kier molecular flexibility index (Phi) is 8.61. The van der Waals surface area contributed by atoms with Crippen LogP contribution in [0, 0.1) is 5.92 Å². The number of piperidine rings is 1. The molecule has 180 valence electrons. The lowest BCUT2D eigenvalue weighted by Crippen LogP contribution is -2.52. The Morgan fingerprint density at radius 2 is 1.56 bits per heavy atom. The maximum atomic E-state index is 13.0. The maximum Gasteiger partial charge on any atom is 0.246 e. The summed E-state index contributed by atoms with van der Waals surface area (Å²) in [7, 11) is 0. The van der Waals surface area contributed by atoms with Crippen LogP contribution in [0.5, 0.6) is 5.75 Å². The van der Waals surface area contributed by atoms with E-state index in [0.717, 1.165) is 56.9 Å². The number of likely N-dealkylation sites (tertiary alicyclic amines) is 1. The average molecular weight is 482 g/mol. The third-order valence-corrected chi connectivity index (χ3v) is 6.80. The highest BCUT2D eigenvalue weighted by Crippen LogP contribution is 2.21. The van der Waals surface area contributed by atoms with E-state index in [4.69, 9.17) is 16.3 Å². The molecule has 0 bridgehead atoms. The predicted molar refractivity (Wildman–Crippen MR) is 135 cm³/mol. The normalized spacial score (nSPS) is 17.8. The van der Waals surface area contributed by atoms with Crippen LogP contribution >= 0.6 is 11.6 Å². The second kappa shape index (κ2) is 12.0. The summed E-state index contributed by atoms with van der Waals surface area (Å²) in [5, 5.41) is 0.699. The smallest absolute Gasteiger partial charge is 0.246 e. The molecule has 34 heavy (non-hydrogen) atoms. The molecule has 6 nitrogen and oxygen atoms in total. The van der Waals surface area contributed by atoms with E-state index >= 15 is 0 Å². The van der Waals surface area contributed by atoms with Gasteiger partial charge < -0.3 is 14.5 Å². The van der Waals surface area contributed by atoms with Crippen LogP contribution in [-0.2, 0) is 9.59 Å². The third kappa shape index (κ3) is 6.84. The van der Waals surface area contributed by atoms with Gasteiger partial charge in [0.25, 0.3) is 0 Å². The minimum absolute atomic E-state index is 0.0157. The summed E-state index contributed by atoms with van der Waals surface area (Å²) in [6.45, 7) is 5.93. The van der Waals surface area contributed by atoms with E-state index in [1.165, 1.54) is 0 Å². The van der Waals surface area contributed by atoms with Crippen molar-refractivity contribution < 1.29 is 14.3 Å². The number of benzene rings is 2. The number of ether oxygens (including phenoxy) is 1. The molecule has 2 saturated heterocycles. The lowest BCUT2D eigenvalue weighted by atomic mass is 9.95. The molecular weight excluding hydrogens is 450 g/mol. The fraction of sp³-hybridized carbons (Fsp3) is 0.407. The van der Waals surface area contributed by atoms with E-state index in [-0.39, 0.29) is 17.7 Å². The summed E-state index contributed by atoms with van der Waals surface area (Å²) in [6, 6.07) is 17.2. The fourth-order valence-electron chi connectivity index (χ4n) is 4.46. The van der Waals surface area contributed by atoms with E-state index in [0.29, 0.717) is 24.7 Å². The van der Waals surface area contributed by atoms with Crippen molar-refractivity contribution in [2.45, 2.75) is 12.8 Å². The van der Waals surface area contributed by atoms with E-state index in [2.05, 4.69) is 4.90 Å². The van der Waals surface area contributed by atoms with Crippen molar-refractivity contribution in [3.05, 3.63) is 71.3 Å². The first-order chi connectivity index (χ1) is 16.6. The van der Waals surface area contributed by atoms with E-state index in [1.54, 1.807) is 6.08 Å². The molecule has 2 aliphatic heterocycles. The van der Waals surface area contributed by atoms with Crippen molar-refractivity contribution >= 4 is 29.5 Å². The Balaban J connectivity index is 1.14. The summed E-state index contributed by atoms with van der Waals surface area (Å²) in [4.78, 5) is 31.7. The zero-order chi connectivity index (χ0) is 23.8. The molecule has 0 saturated carbocycles. The number of carbonyl (C=O) groups is 2. The monoisotopic (exact) mass is 481 g/mol. The number of amides is 2. The largest absolute Gasteiger partial charge is 0.492 e. The van der Waals surface area contributed by atoms with Gasteiger partial charge in [0.05, 0.1) is 0 Å². The Labute approximate surface area is 206 Å². The van der Waals surface area contributed by atoms with E-state index in [1.807, 2.05) is 70.5 Å². The SMILES string of the molecule is O=C(C=Cc1ccccc1)N1CCC(C(=O)N2CCN(CCOc3ccc(Cl)cc3)CC2)CC1. The minimum Gasteiger partial charge on any atom is -0.492 e. The van der Waals surface area contributed by atoms with Crippen LogP contribution in [0.1, 0.15) is 18.4 Å². The number of piperazine rings is 1. The zero-order valence-corrected chi connectivity index (χ0v) is 20.2. The topological polar surface area (TPSA) is 53.1 Å². The van der Waals surface area contributed by atoms with Crippen molar-refractivity contribution in [3.8, 4) is 5.75 Å². The fourth-order valence-corrected chi connectivity index (χ4v) is 4.58. The molecule has 2 aromatic carbocycles. The summed E-state index contributed by atoms with van der Waals surface area (Å²) in [5.74, 6) is 1.09. The molecule has 7 heteroatoms. The Bertz CT molecular complexity index is 964. The van der Waals surface area contributed by atoms with Crippen LogP contribution < -0.4 is 4.74 Å². The highest BCUT2D eigenvalue weighted by Gasteiger charge is 2.31. The van der Waals surface area contributed by atoms with Gasteiger partial charge in [0.2, 0.25) is 11.8 Å². The van der Waals surface area contributed by atoms with Gasteiger partial charge in [0.15, 0.2) is 0 Å². The van der Waals surface area contributed by atoms with E-state index in [9.17, 15) is 9.59 Å². The molecule has 0 N–H and O–H groups in total. The van der Waals surface area contributed by atoms with Gasteiger partial charge in [-0.2, -0.15) is 0 Å². The first-order valence-electron chi connectivity index (χ1n) is 12.0. The summed E-state index contributed by atoms with van der Waals surface area (Å²) >= 11 is 5.90. The van der Waals surface area contributed by atoms with E-state index < -0.39 is 0 Å². The summed E-state index contributed by atoms with van der Waals surface area (Å²) in [5.41, 5.74) is 1.01. The molecule has 0 aromatic heterocycles. The van der Waals surface area contributed by atoms with Crippen LogP contribution in [0.3, 0.4) is 0 Å². The van der Waals surface area contributed by atoms with Gasteiger partial charge in [-0.1, -0.05) is 41.9 Å². The molecule has 2 aromatic rings. The van der Waals surface area contributed by atoms with Crippen molar-refractivity contribution in [2.75, 3.05) is 52.4 Å². The molecular formula is C27H32ClN3O3. The second-order valence-corrected chi connectivity index (χ2v) is 9.25. The first-order valence-corrected chi connectivity index (χ1v) is 12.4. The summed E-state index contributed by atoms with van der Waals surface area (Å²) < 4.78 is 5.79. The first kappa shape index (κ1) is 24.3. The lowest BCUT2D eigenvalue weighted by molar-refractivity contribution is -0.140. The van der Waals surface area contributed by atoms with Gasteiger partial charge in [0.1, 0.15) is 12.4 Å². The molecule has 2 amide bonds. The van der Waals surface area contributed by atoms with Crippen LogP contribution in [0.4, 0.5) is 0 Å². The highest BCUT2D eigenvalue weighted by molar-refractivity contribution is 6.30. The van der Waals surface area contributed by atoms with Gasteiger partial charge in [-0.15, -0.1) is 0 Å². The molecule has 4 rings (SSSR count). The maximum absolute atomic E-state index is 13.0. The molecule has 0 unspecified atom stereocenters. The van der Waals surface area contributed by atoms with Crippen molar-refractivity contribution in [1.29, 1.82) is 0 Å². The predicted octanol–water partition coefficient (Wildman–Crippen LogP) is 3.82. The Morgan fingerprint density at radius 3 is 2.24 bits per heavy atom. The Hall–Kier alpha value is -2.83. The van der Waals surface area contributed by atoms with Crippen LogP contribution in [0.2, 0.25) is 5.02 Å². The summed E-state index contributed by atoms with van der Waals surface area (Å²) in [6.07, 6.45) is 4.95. The molecule has 0 atom stereocenters. The second-order valence-electron chi connectivity index (χ2n) is 8.81. The van der Waals surface area contributed by atoms with Gasteiger partial charge in [-0.05, 0) is 48.7 Å². The van der Waals surface area contributed by atoms with Crippen molar-refractivity contribution in [1.82, 2.24) is 14.7 Å². The van der Waals surface area contributed by atoms with Crippen molar-refractivity contribution in [2.24, 2.45) is 5.92 Å². The van der Waals surface area contributed by atoms with Gasteiger partial charge in [0, 0.05) is 62.8 Å². The molecule has 2 heterocycles. The zero-order valence-electron chi connectivity index (χ0n) is 19.4. The lowest BCUT2D eigenvalue weighted by Gasteiger charge is -2.38. The minimum atomic E-state index is 0.0157.